The number of halogens is 2. The molecular weight excluding hydrogens is 323 g/mol. The van der Waals surface area contributed by atoms with Crippen molar-refractivity contribution in [2.75, 3.05) is 25.0 Å². The lowest BCUT2D eigenvalue weighted by molar-refractivity contribution is -0.129. The van der Waals surface area contributed by atoms with Crippen LogP contribution in [0.25, 0.3) is 0 Å². The van der Waals surface area contributed by atoms with Gasteiger partial charge in [-0.15, -0.1) is 0 Å². The van der Waals surface area contributed by atoms with Crippen LogP contribution in [0.3, 0.4) is 0 Å². The van der Waals surface area contributed by atoms with Gasteiger partial charge in [0.1, 0.15) is 0 Å². The van der Waals surface area contributed by atoms with Gasteiger partial charge in [0.05, 0.1) is 10.7 Å². The van der Waals surface area contributed by atoms with Crippen molar-refractivity contribution in [1.82, 2.24) is 4.90 Å². The summed E-state index contributed by atoms with van der Waals surface area (Å²) in [6, 6.07) is 4.95. The van der Waals surface area contributed by atoms with E-state index in [2.05, 4.69) is 6.92 Å². The van der Waals surface area contributed by atoms with E-state index in [1.807, 2.05) is 0 Å². The van der Waals surface area contributed by atoms with Crippen molar-refractivity contribution in [2.24, 2.45) is 0 Å². The van der Waals surface area contributed by atoms with Gasteiger partial charge in [0.25, 0.3) is 0 Å². The van der Waals surface area contributed by atoms with Gasteiger partial charge in [0.2, 0.25) is 11.8 Å². The Morgan fingerprint density at radius 3 is 2.41 bits per heavy atom. The summed E-state index contributed by atoms with van der Waals surface area (Å²) in [5, 5.41) is 0.905. The zero-order chi connectivity index (χ0) is 16.7. The molecule has 0 saturated heterocycles. The summed E-state index contributed by atoms with van der Waals surface area (Å²) in [5.41, 5.74) is 0.572. The number of nitrogens with zero attached hydrogens (tertiary/aromatic N) is 2. The molecule has 2 amide bonds. The first-order chi connectivity index (χ1) is 10.4. The van der Waals surface area contributed by atoms with Crippen molar-refractivity contribution in [3.8, 4) is 0 Å². The Labute approximate surface area is 142 Å². The minimum atomic E-state index is -0.159. The molecule has 0 N–H and O–H groups in total. The summed E-state index contributed by atoms with van der Waals surface area (Å²) in [4.78, 5) is 27.1. The molecule has 0 heterocycles. The second-order valence-electron chi connectivity index (χ2n) is 5.19. The van der Waals surface area contributed by atoms with Crippen molar-refractivity contribution >= 4 is 40.7 Å². The number of rotatable bonds is 7. The molecule has 0 aliphatic carbocycles. The van der Waals surface area contributed by atoms with Crippen molar-refractivity contribution < 1.29 is 9.59 Å². The second-order valence-corrected chi connectivity index (χ2v) is 6.03. The van der Waals surface area contributed by atoms with Crippen LogP contribution >= 0.6 is 23.2 Å². The summed E-state index contributed by atoms with van der Waals surface area (Å²) < 4.78 is 0. The third-order valence-corrected chi connectivity index (χ3v) is 3.94. The topological polar surface area (TPSA) is 40.6 Å². The molecule has 0 fully saturated rings. The van der Waals surface area contributed by atoms with Gasteiger partial charge in [-0.2, -0.15) is 0 Å². The molecule has 0 aromatic heterocycles. The van der Waals surface area contributed by atoms with Crippen LogP contribution in [-0.2, 0) is 9.59 Å². The molecule has 0 aliphatic heterocycles. The predicted octanol–water partition coefficient (Wildman–Crippen LogP) is 3.99. The van der Waals surface area contributed by atoms with Gasteiger partial charge in [-0.3, -0.25) is 9.59 Å². The highest BCUT2D eigenvalue weighted by atomic mass is 35.5. The van der Waals surface area contributed by atoms with Crippen molar-refractivity contribution in [1.29, 1.82) is 0 Å². The molecule has 1 aromatic carbocycles. The number of hydrogen-bond donors (Lipinski definition) is 0. The first-order valence-electron chi connectivity index (χ1n) is 7.34. The van der Waals surface area contributed by atoms with Gasteiger partial charge >= 0.3 is 0 Å². The van der Waals surface area contributed by atoms with E-state index < -0.39 is 0 Å². The molecule has 0 unspecified atom stereocenters. The van der Waals surface area contributed by atoms with Gasteiger partial charge < -0.3 is 9.80 Å². The van der Waals surface area contributed by atoms with Crippen LogP contribution in [0.15, 0.2) is 18.2 Å². The minimum absolute atomic E-state index is 0.0183. The molecule has 22 heavy (non-hydrogen) atoms. The molecule has 6 heteroatoms. The lowest BCUT2D eigenvalue weighted by atomic mass is 10.2. The Balaban J connectivity index is 2.73. The maximum absolute atomic E-state index is 12.1. The SMILES string of the molecule is CCCCN(C)C(=O)CCN(C(C)=O)c1ccc(Cl)cc1Cl. The molecule has 4 nitrogen and oxygen atoms in total. The maximum Gasteiger partial charge on any atom is 0.224 e. The summed E-state index contributed by atoms with van der Waals surface area (Å²) in [5.74, 6) is -0.141. The first-order valence-corrected chi connectivity index (χ1v) is 8.09. The minimum Gasteiger partial charge on any atom is -0.346 e. The van der Waals surface area contributed by atoms with Gasteiger partial charge in [0.15, 0.2) is 0 Å². The highest BCUT2D eigenvalue weighted by Crippen LogP contribution is 2.29. The zero-order valence-corrected chi connectivity index (χ0v) is 14.7. The van der Waals surface area contributed by atoms with Crippen molar-refractivity contribution in [3.63, 3.8) is 0 Å². The monoisotopic (exact) mass is 344 g/mol. The smallest absolute Gasteiger partial charge is 0.224 e. The van der Waals surface area contributed by atoms with Crippen molar-refractivity contribution in [2.45, 2.75) is 33.1 Å². The molecule has 0 spiro atoms. The normalized spacial score (nSPS) is 10.4. The van der Waals surface area contributed by atoms with Gasteiger partial charge in [-0.25, -0.2) is 0 Å². The fourth-order valence-corrected chi connectivity index (χ4v) is 2.58. The van der Waals surface area contributed by atoms with Crippen molar-refractivity contribution in [3.05, 3.63) is 28.2 Å². The standard InChI is InChI=1S/C16H22Cl2N2O2/c1-4-5-9-19(3)16(22)8-10-20(12(2)21)15-7-6-13(17)11-14(15)18/h6-7,11H,4-5,8-10H2,1-3H3. The van der Waals surface area contributed by atoms with Gasteiger partial charge in [-0.05, 0) is 24.6 Å². The second kappa shape index (κ2) is 9.01. The lowest BCUT2D eigenvalue weighted by Gasteiger charge is -2.24. The quantitative estimate of drug-likeness (QED) is 0.750. The summed E-state index contributed by atoms with van der Waals surface area (Å²) in [6.07, 6.45) is 2.28. The average molecular weight is 345 g/mol. The molecule has 1 aromatic rings. The zero-order valence-electron chi connectivity index (χ0n) is 13.2. The van der Waals surface area contributed by atoms with E-state index in [4.69, 9.17) is 23.2 Å². The van der Waals surface area contributed by atoms with Crippen LogP contribution in [-0.4, -0.2) is 36.9 Å². The largest absolute Gasteiger partial charge is 0.346 e. The number of carbonyl (C=O) groups excluding carboxylic acids is 2. The van der Waals surface area contributed by atoms with Crippen LogP contribution in [0, 0.1) is 0 Å². The third kappa shape index (κ3) is 5.50. The van der Waals surface area contributed by atoms with Crippen LogP contribution in [0.1, 0.15) is 33.1 Å². The predicted molar refractivity (Wildman–Crippen MR) is 91.7 cm³/mol. The summed E-state index contributed by atoms with van der Waals surface area (Å²) in [6.45, 7) is 4.57. The van der Waals surface area contributed by atoms with Crippen LogP contribution < -0.4 is 4.90 Å². The van der Waals surface area contributed by atoms with Crippen LogP contribution in [0.4, 0.5) is 5.69 Å². The molecule has 0 aliphatic rings. The highest BCUT2D eigenvalue weighted by molar-refractivity contribution is 6.36. The maximum atomic E-state index is 12.1. The molecule has 0 radical (unpaired) electrons. The van der Waals surface area contributed by atoms with E-state index in [-0.39, 0.29) is 18.2 Å². The molecule has 0 atom stereocenters. The summed E-state index contributed by atoms with van der Waals surface area (Å²) >= 11 is 12.0. The Morgan fingerprint density at radius 1 is 1.18 bits per heavy atom. The Bertz CT molecular complexity index is 535. The van der Waals surface area contributed by atoms with E-state index in [1.54, 1.807) is 30.1 Å². The molecule has 1 rings (SSSR count). The number of unbranched alkanes of at least 4 members (excludes halogenated alkanes) is 1. The molecule has 0 saturated carbocycles. The average Bonchev–Trinajstić information content (AvgIpc) is 2.46. The van der Waals surface area contributed by atoms with Gasteiger partial charge in [0, 0.05) is 38.5 Å². The third-order valence-electron chi connectivity index (χ3n) is 3.40. The molecule has 122 valence electrons. The Morgan fingerprint density at radius 2 is 1.86 bits per heavy atom. The number of hydrogen-bond acceptors (Lipinski definition) is 2. The summed E-state index contributed by atoms with van der Waals surface area (Å²) in [7, 11) is 1.78. The molecule has 0 bridgehead atoms. The number of anilines is 1. The van der Waals surface area contributed by atoms with E-state index in [1.165, 1.54) is 11.8 Å². The Hall–Kier alpha value is -1.26. The van der Waals surface area contributed by atoms with E-state index in [9.17, 15) is 9.59 Å². The van der Waals surface area contributed by atoms with Crippen LogP contribution in [0.2, 0.25) is 10.0 Å². The van der Waals surface area contributed by atoms with E-state index >= 15 is 0 Å². The lowest BCUT2D eigenvalue weighted by Crippen LogP contribution is -2.35. The number of amides is 2. The molecular formula is C16H22Cl2N2O2. The van der Waals surface area contributed by atoms with Gasteiger partial charge in [-0.1, -0.05) is 36.5 Å². The highest BCUT2D eigenvalue weighted by Gasteiger charge is 2.17. The van der Waals surface area contributed by atoms with Crippen LogP contribution in [0.5, 0.6) is 0 Å². The fraction of sp³-hybridized carbons (Fsp3) is 0.500. The Kier molecular flexibility index (Phi) is 7.69. The number of carbonyl (C=O) groups is 2. The fourth-order valence-electron chi connectivity index (χ4n) is 2.07. The number of benzene rings is 1. The van der Waals surface area contributed by atoms with E-state index in [0.29, 0.717) is 22.3 Å². The van der Waals surface area contributed by atoms with E-state index in [0.717, 1.165) is 19.4 Å². The first kappa shape index (κ1) is 18.8.